The van der Waals surface area contributed by atoms with E-state index in [1.165, 1.54) is 0 Å². The standard InChI is InChI=1S/C9H16N4O/c1-2-13-8(11-7-12-13)5-9(14)3-4-10-6-9/h7,10,14H,2-6H2,1H3. The first-order valence-corrected chi connectivity index (χ1v) is 5.03. The van der Waals surface area contributed by atoms with Crippen LogP contribution in [0.1, 0.15) is 19.2 Å². The normalized spacial score (nSPS) is 27.0. The van der Waals surface area contributed by atoms with Crippen molar-refractivity contribution >= 4 is 0 Å². The van der Waals surface area contributed by atoms with Gasteiger partial charge in [0.1, 0.15) is 12.2 Å². The molecule has 0 aromatic carbocycles. The zero-order valence-corrected chi connectivity index (χ0v) is 8.40. The molecular weight excluding hydrogens is 180 g/mol. The number of nitrogens with zero attached hydrogens (tertiary/aromatic N) is 3. The predicted octanol–water partition coefficient (Wildman–Crippen LogP) is -0.435. The molecule has 0 spiro atoms. The van der Waals surface area contributed by atoms with Gasteiger partial charge in [-0.3, -0.25) is 4.68 Å². The van der Waals surface area contributed by atoms with Crippen LogP contribution >= 0.6 is 0 Å². The molecule has 1 aliphatic rings. The molecule has 1 aliphatic heterocycles. The minimum Gasteiger partial charge on any atom is -0.388 e. The van der Waals surface area contributed by atoms with Crippen molar-refractivity contribution < 1.29 is 5.11 Å². The van der Waals surface area contributed by atoms with Crippen molar-refractivity contribution in [3.63, 3.8) is 0 Å². The summed E-state index contributed by atoms with van der Waals surface area (Å²) in [6, 6.07) is 0. The number of rotatable bonds is 3. The average Bonchev–Trinajstić information content (AvgIpc) is 2.75. The lowest BCUT2D eigenvalue weighted by Crippen LogP contribution is -2.35. The third-order valence-electron chi connectivity index (χ3n) is 2.70. The van der Waals surface area contributed by atoms with Gasteiger partial charge in [-0.1, -0.05) is 0 Å². The minimum absolute atomic E-state index is 0.591. The maximum Gasteiger partial charge on any atom is 0.138 e. The number of aliphatic hydroxyl groups is 1. The first-order valence-electron chi connectivity index (χ1n) is 5.03. The van der Waals surface area contributed by atoms with Crippen LogP contribution in [0.25, 0.3) is 0 Å². The second-order valence-electron chi connectivity index (χ2n) is 3.82. The summed E-state index contributed by atoms with van der Waals surface area (Å²) in [6.07, 6.45) is 2.93. The first kappa shape index (κ1) is 9.61. The van der Waals surface area contributed by atoms with Gasteiger partial charge in [0.2, 0.25) is 0 Å². The van der Waals surface area contributed by atoms with Gasteiger partial charge in [0, 0.05) is 19.5 Å². The molecule has 5 nitrogen and oxygen atoms in total. The van der Waals surface area contributed by atoms with E-state index in [-0.39, 0.29) is 0 Å². The molecule has 14 heavy (non-hydrogen) atoms. The van der Waals surface area contributed by atoms with Crippen LogP contribution in [0, 0.1) is 0 Å². The Balaban J connectivity index is 2.09. The molecule has 0 saturated carbocycles. The molecule has 1 atom stereocenters. The fourth-order valence-electron chi connectivity index (χ4n) is 1.86. The quantitative estimate of drug-likeness (QED) is 0.688. The Bertz CT molecular complexity index is 304. The van der Waals surface area contributed by atoms with Gasteiger partial charge in [-0.25, -0.2) is 4.98 Å². The molecule has 0 amide bonds. The molecule has 2 rings (SSSR count). The number of nitrogens with one attached hydrogen (secondary N) is 1. The van der Waals surface area contributed by atoms with E-state index in [2.05, 4.69) is 15.4 Å². The highest BCUT2D eigenvalue weighted by atomic mass is 16.3. The largest absolute Gasteiger partial charge is 0.388 e. The summed E-state index contributed by atoms with van der Waals surface area (Å²) in [5.74, 6) is 0.874. The summed E-state index contributed by atoms with van der Waals surface area (Å²) < 4.78 is 1.83. The molecular formula is C9H16N4O. The van der Waals surface area contributed by atoms with Gasteiger partial charge in [-0.05, 0) is 19.9 Å². The summed E-state index contributed by atoms with van der Waals surface area (Å²) in [5, 5.41) is 17.4. The van der Waals surface area contributed by atoms with Crippen LogP contribution in [0.5, 0.6) is 0 Å². The van der Waals surface area contributed by atoms with Gasteiger partial charge in [-0.2, -0.15) is 5.10 Å². The Morgan fingerprint density at radius 1 is 1.71 bits per heavy atom. The molecule has 1 unspecified atom stereocenters. The summed E-state index contributed by atoms with van der Waals surface area (Å²) >= 11 is 0. The summed E-state index contributed by atoms with van der Waals surface area (Å²) in [7, 11) is 0. The molecule has 5 heteroatoms. The van der Waals surface area contributed by atoms with E-state index in [9.17, 15) is 5.11 Å². The summed E-state index contributed by atoms with van der Waals surface area (Å²) in [5.41, 5.74) is -0.625. The molecule has 0 radical (unpaired) electrons. The highest BCUT2D eigenvalue weighted by Crippen LogP contribution is 2.18. The topological polar surface area (TPSA) is 63.0 Å². The van der Waals surface area contributed by atoms with E-state index < -0.39 is 5.60 Å². The van der Waals surface area contributed by atoms with Gasteiger partial charge in [0.15, 0.2) is 0 Å². The van der Waals surface area contributed by atoms with E-state index >= 15 is 0 Å². The molecule has 1 aromatic rings. The van der Waals surface area contributed by atoms with Crippen LogP contribution in [-0.4, -0.2) is 38.6 Å². The van der Waals surface area contributed by atoms with Gasteiger partial charge in [0.05, 0.1) is 5.60 Å². The smallest absolute Gasteiger partial charge is 0.138 e. The number of β-amino-alcohol motifs (C(OH)–C–C–N with tert-alkyl or cyclic N) is 1. The Morgan fingerprint density at radius 2 is 2.57 bits per heavy atom. The van der Waals surface area contributed by atoms with Crippen molar-refractivity contribution in [2.75, 3.05) is 13.1 Å². The van der Waals surface area contributed by atoms with E-state index in [0.29, 0.717) is 13.0 Å². The predicted molar refractivity (Wildman–Crippen MR) is 51.8 cm³/mol. The maximum absolute atomic E-state index is 10.1. The van der Waals surface area contributed by atoms with Crippen molar-refractivity contribution in [1.29, 1.82) is 0 Å². The van der Waals surface area contributed by atoms with Gasteiger partial charge < -0.3 is 10.4 Å². The summed E-state index contributed by atoms with van der Waals surface area (Å²) in [4.78, 5) is 4.16. The van der Waals surface area contributed by atoms with Crippen LogP contribution in [0.4, 0.5) is 0 Å². The lowest BCUT2D eigenvalue weighted by Gasteiger charge is -2.20. The summed E-state index contributed by atoms with van der Waals surface area (Å²) in [6.45, 7) is 4.37. The maximum atomic E-state index is 10.1. The van der Waals surface area contributed by atoms with Gasteiger partial charge >= 0.3 is 0 Å². The number of aromatic nitrogens is 3. The van der Waals surface area contributed by atoms with Crippen molar-refractivity contribution in [2.24, 2.45) is 0 Å². The molecule has 0 bridgehead atoms. The fourth-order valence-corrected chi connectivity index (χ4v) is 1.86. The second-order valence-corrected chi connectivity index (χ2v) is 3.82. The highest BCUT2D eigenvalue weighted by Gasteiger charge is 2.32. The molecule has 1 fully saturated rings. The lowest BCUT2D eigenvalue weighted by atomic mass is 9.99. The molecule has 78 valence electrons. The Hall–Kier alpha value is -0.940. The Labute approximate surface area is 83.2 Å². The second kappa shape index (κ2) is 3.67. The van der Waals surface area contributed by atoms with Crippen molar-refractivity contribution in [3.8, 4) is 0 Å². The van der Waals surface area contributed by atoms with Gasteiger partial charge in [-0.15, -0.1) is 0 Å². The molecule has 0 aliphatic carbocycles. The highest BCUT2D eigenvalue weighted by molar-refractivity contribution is 4.98. The lowest BCUT2D eigenvalue weighted by molar-refractivity contribution is 0.0586. The molecule has 1 saturated heterocycles. The van der Waals surface area contributed by atoms with Crippen LogP contribution < -0.4 is 5.32 Å². The molecule has 1 aromatic heterocycles. The number of hydrogen-bond donors (Lipinski definition) is 2. The third kappa shape index (κ3) is 1.78. The SMILES string of the molecule is CCn1ncnc1CC1(O)CCNC1. The number of aryl methyl sites for hydroxylation is 1. The molecule has 2 heterocycles. The van der Waals surface area contributed by atoms with E-state index in [0.717, 1.165) is 25.3 Å². The van der Waals surface area contributed by atoms with Crippen LogP contribution in [0.3, 0.4) is 0 Å². The van der Waals surface area contributed by atoms with Crippen LogP contribution in [0.15, 0.2) is 6.33 Å². The monoisotopic (exact) mass is 196 g/mol. The van der Waals surface area contributed by atoms with Crippen molar-refractivity contribution in [1.82, 2.24) is 20.1 Å². The minimum atomic E-state index is -0.625. The Morgan fingerprint density at radius 3 is 3.21 bits per heavy atom. The molecule has 2 N–H and O–H groups in total. The Kier molecular flexibility index (Phi) is 2.52. The average molecular weight is 196 g/mol. The van der Waals surface area contributed by atoms with E-state index in [4.69, 9.17) is 0 Å². The third-order valence-corrected chi connectivity index (χ3v) is 2.70. The van der Waals surface area contributed by atoms with Crippen molar-refractivity contribution in [3.05, 3.63) is 12.2 Å². The zero-order valence-electron chi connectivity index (χ0n) is 8.40. The van der Waals surface area contributed by atoms with Crippen LogP contribution in [-0.2, 0) is 13.0 Å². The fraction of sp³-hybridized carbons (Fsp3) is 0.778. The van der Waals surface area contributed by atoms with E-state index in [1.54, 1.807) is 6.33 Å². The zero-order chi connectivity index (χ0) is 10.0. The van der Waals surface area contributed by atoms with Crippen molar-refractivity contribution in [2.45, 2.75) is 31.9 Å². The first-order chi connectivity index (χ1) is 6.73. The van der Waals surface area contributed by atoms with E-state index in [1.807, 2.05) is 11.6 Å². The number of hydrogen-bond acceptors (Lipinski definition) is 4. The van der Waals surface area contributed by atoms with Crippen LogP contribution in [0.2, 0.25) is 0 Å². The van der Waals surface area contributed by atoms with Gasteiger partial charge in [0.25, 0.3) is 0 Å².